The van der Waals surface area contributed by atoms with Crippen molar-refractivity contribution >= 4 is 23.7 Å². The molecule has 1 amide bonds. The van der Waals surface area contributed by atoms with Gasteiger partial charge < -0.3 is 4.57 Å². The fraction of sp³-hybridized carbons (Fsp3) is 0. The largest absolute Gasteiger partial charge is 0.309 e. The van der Waals surface area contributed by atoms with Gasteiger partial charge in [0.2, 0.25) is 0 Å². The SMILES string of the molecule is O=C(N/N=C\c1cc(-c2ccccc2)n(-c2ccc(Cl)cc2)c1-c1ccccc1)c1cccc(F)c1. The highest BCUT2D eigenvalue weighted by Crippen LogP contribution is 2.35. The first-order valence-electron chi connectivity index (χ1n) is 11.3. The predicted molar refractivity (Wildman–Crippen MR) is 143 cm³/mol. The van der Waals surface area contributed by atoms with Gasteiger partial charge in [-0.15, -0.1) is 0 Å². The maximum atomic E-state index is 13.5. The molecule has 5 aromatic rings. The number of benzene rings is 4. The van der Waals surface area contributed by atoms with Gasteiger partial charge >= 0.3 is 0 Å². The third kappa shape index (κ3) is 4.97. The van der Waals surface area contributed by atoms with Crippen LogP contribution >= 0.6 is 11.6 Å². The summed E-state index contributed by atoms with van der Waals surface area (Å²) in [5.41, 5.74) is 8.29. The van der Waals surface area contributed by atoms with Gasteiger partial charge in [-0.1, -0.05) is 78.3 Å². The number of carbonyl (C=O) groups excluding carboxylic acids is 1. The van der Waals surface area contributed by atoms with E-state index in [0.29, 0.717) is 5.02 Å². The van der Waals surface area contributed by atoms with Gasteiger partial charge in [0, 0.05) is 21.8 Å². The molecule has 1 aromatic heterocycles. The molecule has 0 aliphatic rings. The molecule has 0 saturated carbocycles. The second-order valence-electron chi connectivity index (χ2n) is 8.09. The number of hydrogen-bond donors (Lipinski definition) is 1. The molecule has 0 aliphatic heterocycles. The summed E-state index contributed by atoms with van der Waals surface area (Å²) in [5, 5.41) is 4.86. The molecular formula is C30H21ClFN3O. The third-order valence-electron chi connectivity index (χ3n) is 5.69. The highest BCUT2D eigenvalue weighted by atomic mass is 35.5. The molecule has 176 valence electrons. The molecule has 4 aromatic carbocycles. The van der Waals surface area contributed by atoms with Gasteiger partial charge in [-0.25, -0.2) is 9.82 Å². The number of hydrazone groups is 1. The minimum atomic E-state index is -0.493. The van der Waals surface area contributed by atoms with Crippen molar-refractivity contribution in [2.24, 2.45) is 5.10 Å². The number of halogens is 2. The first-order chi connectivity index (χ1) is 17.6. The van der Waals surface area contributed by atoms with Gasteiger partial charge in [0.25, 0.3) is 5.91 Å². The average molecular weight is 494 g/mol. The lowest BCUT2D eigenvalue weighted by molar-refractivity contribution is 0.0954. The summed E-state index contributed by atoms with van der Waals surface area (Å²) in [5.74, 6) is -0.974. The number of hydrogen-bond acceptors (Lipinski definition) is 2. The second-order valence-corrected chi connectivity index (χ2v) is 8.52. The number of aromatic nitrogens is 1. The van der Waals surface area contributed by atoms with Crippen LogP contribution in [0, 0.1) is 5.82 Å². The Morgan fingerprint density at radius 2 is 1.47 bits per heavy atom. The molecule has 0 aliphatic carbocycles. The predicted octanol–water partition coefficient (Wildman–Crippen LogP) is 7.37. The standard InChI is InChI=1S/C30H21ClFN3O/c31-25-14-16-27(17-15-25)35-28(21-8-3-1-4-9-21)19-24(29(35)22-10-5-2-6-11-22)20-33-34-30(36)23-12-7-13-26(32)18-23/h1-20H,(H,34,36)/b33-20-. The zero-order valence-corrected chi connectivity index (χ0v) is 19.9. The number of carbonyl (C=O) groups is 1. The van der Waals surface area contributed by atoms with Gasteiger partial charge in [0.1, 0.15) is 5.82 Å². The molecule has 4 nitrogen and oxygen atoms in total. The summed E-state index contributed by atoms with van der Waals surface area (Å²) in [6.45, 7) is 0. The van der Waals surface area contributed by atoms with Crippen LogP contribution in [0.2, 0.25) is 5.02 Å². The minimum absolute atomic E-state index is 0.194. The summed E-state index contributed by atoms with van der Waals surface area (Å²) in [4.78, 5) is 12.5. The van der Waals surface area contributed by atoms with E-state index in [1.54, 1.807) is 6.21 Å². The van der Waals surface area contributed by atoms with Crippen molar-refractivity contribution < 1.29 is 9.18 Å². The van der Waals surface area contributed by atoms with Crippen LogP contribution in [0.4, 0.5) is 4.39 Å². The van der Waals surface area contributed by atoms with E-state index in [9.17, 15) is 9.18 Å². The molecule has 6 heteroatoms. The topological polar surface area (TPSA) is 46.4 Å². The van der Waals surface area contributed by atoms with Crippen LogP contribution < -0.4 is 5.43 Å². The lowest BCUT2D eigenvalue weighted by atomic mass is 10.1. The van der Waals surface area contributed by atoms with E-state index in [0.717, 1.165) is 33.8 Å². The molecule has 0 saturated heterocycles. The van der Waals surface area contributed by atoms with Crippen LogP contribution in [-0.2, 0) is 0 Å². The van der Waals surface area contributed by atoms with Crippen molar-refractivity contribution in [3.63, 3.8) is 0 Å². The Morgan fingerprint density at radius 1 is 0.806 bits per heavy atom. The maximum Gasteiger partial charge on any atom is 0.271 e. The van der Waals surface area contributed by atoms with Crippen molar-refractivity contribution in [2.75, 3.05) is 0 Å². The van der Waals surface area contributed by atoms with Gasteiger partial charge in [0.05, 0.1) is 17.6 Å². The summed E-state index contributed by atoms with van der Waals surface area (Å²) in [7, 11) is 0. The fourth-order valence-electron chi connectivity index (χ4n) is 4.05. The highest BCUT2D eigenvalue weighted by Gasteiger charge is 2.18. The maximum absolute atomic E-state index is 13.5. The van der Waals surface area contributed by atoms with Gasteiger partial charge in [-0.3, -0.25) is 4.79 Å². The number of nitrogens with one attached hydrogen (secondary N) is 1. The molecule has 0 fully saturated rings. The molecule has 0 spiro atoms. The smallest absolute Gasteiger partial charge is 0.271 e. The van der Waals surface area contributed by atoms with Crippen molar-refractivity contribution in [2.45, 2.75) is 0 Å². The first kappa shape index (κ1) is 23.3. The average Bonchev–Trinajstić information content (AvgIpc) is 3.29. The molecule has 1 heterocycles. The zero-order chi connectivity index (χ0) is 24.9. The molecule has 0 bridgehead atoms. The van der Waals surface area contributed by atoms with Gasteiger partial charge in [-0.05, 0) is 59.7 Å². The van der Waals surface area contributed by atoms with Crippen LogP contribution in [0.1, 0.15) is 15.9 Å². The molecular weight excluding hydrogens is 473 g/mol. The molecule has 0 radical (unpaired) electrons. The van der Waals surface area contributed by atoms with Crippen molar-refractivity contribution in [3.8, 4) is 28.2 Å². The monoisotopic (exact) mass is 493 g/mol. The van der Waals surface area contributed by atoms with E-state index >= 15 is 0 Å². The van der Waals surface area contributed by atoms with Crippen molar-refractivity contribution in [1.82, 2.24) is 9.99 Å². The Balaban J connectivity index is 1.63. The van der Waals surface area contributed by atoms with Crippen LogP contribution in [0.25, 0.3) is 28.2 Å². The van der Waals surface area contributed by atoms with Crippen molar-refractivity contribution in [1.29, 1.82) is 0 Å². The van der Waals surface area contributed by atoms with Crippen molar-refractivity contribution in [3.05, 3.63) is 137 Å². The van der Waals surface area contributed by atoms with Gasteiger partial charge in [0.15, 0.2) is 0 Å². The van der Waals surface area contributed by atoms with Crippen LogP contribution in [0.15, 0.2) is 120 Å². The first-order valence-corrected chi connectivity index (χ1v) is 11.7. The van der Waals surface area contributed by atoms with Crippen LogP contribution in [-0.4, -0.2) is 16.7 Å². The fourth-order valence-corrected chi connectivity index (χ4v) is 4.18. The molecule has 0 atom stereocenters. The summed E-state index contributed by atoms with van der Waals surface area (Å²) in [6, 6.07) is 35.2. The number of nitrogens with zero attached hydrogens (tertiary/aromatic N) is 2. The Bertz CT molecular complexity index is 1530. The van der Waals surface area contributed by atoms with E-state index < -0.39 is 11.7 Å². The Kier molecular flexibility index (Phi) is 6.74. The zero-order valence-electron chi connectivity index (χ0n) is 19.1. The minimum Gasteiger partial charge on any atom is -0.309 e. The quantitative estimate of drug-likeness (QED) is 0.195. The molecule has 36 heavy (non-hydrogen) atoms. The van der Waals surface area contributed by atoms with E-state index in [2.05, 4.69) is 15.1 Å². The summed E-state index contributed by atoms with van der Waals surface area (Å²) >= 11 is 6.18. The highest BCUT2D eigenvalue weighted by molar-refractivity contribution is 6.30. The van der Waals surface area contributed by atoms with Gasteiger partial charge in [-0.2, -0.15) is 5.10 Å². The second kappa shape index (κ2) is 10.4. The van der Waals surface area contributed by atoms with E-state index in [4.69, 9.17) is 11.6 Å². The Labute approximate surface area is 213 Å². The molecule has 1 N–H and O–H groups in total. The number of amides is 1. The Hall–Kier alpha value is -4.48. The summed E-state index contributed by atoms with van der Waals surface area (Å²) < 4.78 is 15.7. The van der Waals surface area contributed by atoms with Crippen LogP contribution in [0.3, 0.4) is 0 Å². The van der Waals surface area contributed by atoms with E-state index in [1.807, 2.05) is 91.0 Å². The molecule has 0 unspecified atom stereocenters. The van der Waals surface area contributed by atoms with Crippen LogP contribution in [0.5, 0.6) is 0 Å². The van der Waals surface area contributed by atoms with E-state index in [1.165, 1.54) is 24.3 Å². The lowest BCUT2D eigenvalue weighted by Gasteiger charge is -2.15. The molecule has 5 rings (SSSR count). The third-order valence-corrected chi connectivity index (χ3v) is 5.94. The lowest BCUT2D eigenvalue weighted by Crippen LogP contribution is -2.17. The summed E-state index contributed by atoms with van der Waals surface area (Å²) in [6.07, 6.45) is 1.61. The number of rotatable bonds is 6. The Morgan fingerprint density at radius 3 is 2.14 bits per heavy atom. The normalized spacial score (nSPS) is 11.1. The van der Waals surface area contributed by atoms with E-state index in [-0.39, 0.29) is 5.56 Å².